The van der Waals surface area contributed by atoms with Crippen LogP contribution >= 0.6 is 0 Å². The molecule has 5 heteroatoms. The summed E-state index contributed by atoms with van der Waals surface area (Å²) in [6.45, 7) is 9.25. The highest BCUT2D eigenvalue weighted by Gasteiger charge is 2.28. The van der Waals surface area contributed by atoms with Gasteiger partial charge >= 0.3 is 6.03 Å². The average Bonchev–Trinajstić information content (AvgIpc) is 3.00. The van der Waals surface area contributed by atoms with Crippen molar-refractivity contribution in [2.75, 3.05) is 26.3 Å². The first-order valence-electron chi connectivity index (χ1n) is 8.16. The van der Waals surface area contributed by atoms with E-state index in [1.54, 1.807) is 6.20 Å². The van der Waals surface area contributed by atoms with Gasteiger partial charge in [0.2, 0.25) is 0 Å². The van der Waals surface area contributed by atoms with Gasteiger partial charge in [-0.05, 0) is 31.4 Å². The third-order valence-corrected chi connectivity index (χ3v) is 4.08. The van der Waals surface area contributed by atoms with Crippen molar-refractivity contribution in [3.05, 3.63) is 30.1 Å². The molecule has 2 heterocycles. The van der Waals surface area contributed by atoms with Gasteiger partial charge in [-0.15, -0.1) is 0 Å². The van der Waals surface area contributed by atoms with Crippen molar-refractivity contribution in [2.45, 2.75) is 33.2 Å². The summed E-state index contributed by atoms with van der Waals surface area (Å²) < 4.78 is 5.47. The Morgan fingerprint density at radius 2 is 2.32 bits per heavy atom. The van der Waals surface area contributed by atoms with Crippen LogP contribution in [-0.4, -0.2) is 42.2 Å². The minimum Gasteiger partial charge on any atom is -0.381 e. The summed E-state index contributed by atoms with van der Waals surface area (Å²) in [4.78, 5) is 18.8. The number of urea groups is 1. The fourth-order valence-electron chi connectivity index (χ4n) is 2.80. The van der Waals surface area contributed by atoms with Crippen molar-refractivity contribution >= 4 is 6.03 Å². The lowest BCUT2D eigenvalue weighted by Crippen LogP contribution is -2.42. The van der Waals surface area contributed by atoms with E-state index in [-0.39, 0.29) is 12.1 Å². The summed E-state index contributed by atoms with van der Waals surface area (Å²) in [5.41, 5.74) is 0.913. The van der Waals surface area contributed by atoms with Crippen molar-refractivity contribution < 1.29 is 9.53 Å². The monoisotopic (exact) mass is 305 g/mol. The Hall–Kier alpha value is -1.62. The summed E-state index contributed by atoms with van der Waals surface area (Å²) in [5.74, 6) is 0.749. The first-order chi connectivity index (χ1) is 10.6. The molecule has 0 radical (unpaired) electrons. The lowest BCUT2D eigenvalue weighted by Gasteiger charge is -2.25. The van der Waals surface area contributed by atoms with E-state index in [0.29, 0.717) is 11.8 Å². The largest absolute Gasteiger partial charge is 0.381 e. The number of likely N-dealkylation sites (tertiary alicyclic amines) is 1. The first-order valence-corrected chi connectivity index (χ1v) is 8.16. The molecule has 2 atom stereocenters. The molecule has 0 saturated carbocycles. The SMILES string of the molecule is CCOC[C@@H]1CCN(C(=O)N[C@@H](c2ccccn2)C(C)C)C1. The normalized spacial score (nSPS) is 19.5. The summed E-state index contributed by atoms with van der Waals surface area (Å²) >= 11 is 0. The van der Waals surface area contributed by atoms with E-state index in [9.17, 15) is 4.79 Å². The number of nitrogens with one attached hydrogen (secondary N) is 1. The van der Waals surface area contributed by atoms with Crippen LogP contribution in [0.3, 0.4) is 0 Å². The van der Waals surface area contributed by atoms with E-state index < -0.39 is 0 Å². The van der Waals surface area contributed by atoms with Crippen LogP contribution in [0.1, 0.15) is 38.9 Å². The zero-order valence-corrected chi connectivity index (χ0v) is 13.8. The molecular formula is C17H27N3O2. The van der Waals surface area contributed by atoms with Gasteiger partial charge in [-0.3, -0.25) is 4.98 Å². The molecule has 122 valence electrons. The minimum absolute atomic E-state index is 0.00310. The minimum atomic E-state index is -0.0559. The maximum Gasteiger partial charge on any atom is 0.317 e. The lowest BCUT2D eigenvalue weighted by atomic mass is 10.0. The Morgan fingerprint density at radius 3 is 2.95 bits per heavy atom. The van der Waals surface area contributed by atoms with E-state index in [4.69, 9.17) is 4.74 Å². The Morgan fingerprint density at radius 1 is 1.50 bits per heavy atom. The Bertz CT molecular complexity index is 464. The molecule has 1 fully saturated rings. The summed E-state index contributed by atoms with van der Waals surface area (Å²) in [7, 11) is 0. The molecule has 0 bridgehead atoms. The number of ether oxygens (including phenoxy) is 1. The molecule has 0 spiro atoms. The Kier molecular flexibility index (Phi) is 6.19. The smallest absolute Gasteiger partial charge is 0.317 e. The number of hydrogen-bond donors (Lipinski definition) is 1. The molecule has 0 aromatic carbocycles. The van der Waals surface area contributed by atoms with Crippen LogP contribution in [0.15, 0.2) is 24.4 Å². The third kappa shape index (κ3) is 4.44. The number of aromatic nitrogens is 1. The average molecular weight is 305 g/mol. The van der Waals surface area contributed by atoms with Gasteiger partial charge in [-0.25, -0.2) is 4.79 Å². The van der Waals surface area contributed by atoms with Crippen LogP contribution in [0.5, 0.6) is 0 Å². The van der Waals surface area contributed by atoms with E-state index in [1.807, 2.05) is 30.0 Å². The van der Waals surface area contributed by atoms with Gasteiger partial charge in [0.05, 0.1) is 18.3 Å². The molecule has 1 saturated heterocycles. The molecule has 22 heavy (non-hydrogen) atoms. The van der Waals surface area contributed by atoms with E-state index >= 15 is 0 Å². The van der Waals surface area contributed by atoms with Gasteiger partial charge in [0.1, 0.15) is 0 Å². The van der Waals surface area contributed by atoms with Crippen molar-refractivity contribution in [1.29, 1.82) is 0 Å². The fraction of sp³-hybridized carbons (Fsp3) is 0.647. The topological polar surface area (TPSA) is 54.5 Å². The van der Waals surface area contributed by atoms with Crippen LogP contribution in [-0.2, 0) is 4.74 Å². The lowest BCUT2D eigenvalue weighted by molar-refractivity contribution is 0.113. The molecule has 0 unspecified atom stereocenters. The number of carbonyl (C=O) groups excluding carboxylic acids is 1. The molecule has 1 aliphatic rings. The molecule has 1 aliphatic heterocycles. The number of carbonyl (C=O) groups is 1. The summed E-state index contributed by atoms with van der Waals surface area (Å²) in [5, 5.41) is 3.14. The van der Waals surface area contributed by atoms with Gasteiger partial charge in [0.15, 0.2) is 0 Å². The predicted molar refractivity (Wildman–Crippen MR) is 86.5 cm³/mol. The highest BCUT2D eigenvalue weighted by Crippen LogP contribution is 2.22. The van der Waals surface area contributed by atoms with Crippen molar-refractivity contribution in [3.8, 4) is 0 Å². The number of amides is 2. The molecule has 2 rings (SSSR count). The zero-order chi connectivity index (χ0) is 15.9. The maximum atomic E-state index is 12.5. The number of hydrogen-bond acceptors (Lipinski definition) is 3. The van der Waals surface area contributed by atoms with Gasteiger partial charge < -0.3 is 15.0 Å². The predicted octanol–water partition coefficient (Wildman–Crippen LogP) is 2.85. The number of rotatable bonds is 6. The highest BCUT2D eigenvalue weighted by molar-refractivity contribution is 5.75. The molecule has 1 aromatic rings. The third-order valence-electron chi connectivity index (χ3n) is 4.08. The molecule has 1 aromatic heterocycles. The number of pyridine rings is 1. The second-order valence-electron chi connectivity index (χ2n) is 6.19. The van der Waals surface area contributed by atoms with E-state index in [2.05, 4.69) is 24.1 Å². The van der Waals surface area contributed by atoms with Crippen molar-refractivity contribution in [2.24, 2.45) is 11.8 Å². The van der Waals surface area contributed by atoms with Crippen LogP contribution in [0, 0.1) is 11.8 Å². The molecule has 0 aliphatic carbocycles. The zero-order valence-electron chi connectivity index (χ0n) is 13.8. The Balaban J connectivity index is 1.92. The second kappa shape index (κ2) is 8.13. The fourth-order valence-corrected chi connectivity index (χ4v) is 2.80. The molecule has 5 nitrogen and oxygen atoms in total. The highest BCUT2D eigenvalue weighted by atomic mass is 16.5. The van der Waals surface area contributed by atoms with Gasteiger partial charge in [0.25, 0.3) is 0 Å². The van der Waals surface area contributed by atoms with E-state index in [0.717, 1.165) is 38.4 Å². The van der Waals surface area contributed by atoms with Crippen LogP contribution < -0.4 is 5.32 Å². The van der Waals surface area contributed by atoms with E-state index in [1.165, 1.54) is 0 Å². The quantitative estimate of drug-likeness (QED) is 0.879. The van der Waals surface area contributed by atoms with Gasteiger partial charge in [-0.2, -0.15) is 0 Å². The summed E-state index contributed by atoms with van der Waals surface area (Å²) in [6, 6.07) is 5.76. The number of nitrogens with zero attached hydrogens (tertiary/aromatic N) is 2. The van der Waals surface area contributed by atoms with Crippen LogP contribution in [0.25, 0.3) is 0 Å². The second-order valence-corrected chi connectivity index (χ2v) is 6.19. The van der Waals surface area contributed by atoms with Gasteiger partial charge in [-0.1, -0.05) is 19.9 Å². The van der Waals surface area contributed by atoms with Gasteiger partial charge in [0, 0.05) is 31.8 Å². The van der Waals surface area contributed by atoms with Crippen molar-refractivity contribution in [1.82, 2.24) is 15.2 Å². The first kappa shape index (κ1) is 16.7. The summed E-state index contributed by atoms with van der Waals surface area (Å²) in [6.07, 6.45) is 2.79. The van der Waals surface area contributed by atoms with Crippen molar-refractivity contribution in [3.63, 3.8) is 0 Å². The molecule has 2 amide bonds. The molecular weight excluding hydrogens is 278 g/mol. The van der Waals surface area contributed by atoms with Crippen LogP contribution in [0.2, 0.25) is 0 Å². The Labute approximate surface area is 133 Å². The maximum absolute atomic E-state index is 12.5. The molecule has 1 N–H and O–H groups in total. The van der Waals surface area contributed by atoms with Crippen LogP contribution in [0.4, 0.5) is 4.79 Å². The standard InChI is InChI=1S/C17H27N3O2/c1-4-22-12-14-8-10-20(11-14)17(21)19-16(13(2)3)15-7-5-6-9-18-15/h5-7,9,13-14,16H,4,8,10-12H2,1-3H3,(H,19,21)/t14-,16-/m1/s1.